The molecule has 1 aliphatic carbocycles. The molecule has 0 unspecified atom stereocenters. The topological polar surface area (TPSA) is 128 Å². The predicted octanol–water partition coefficient (Wildman–Crippen LogP) is 3.64. The molecule has 1 saturated heterocycles. The molecule has 4 rings (SSSR count). The van der Waals surface area contributed by atoms with Crippen LogP contribution in [0.1, 0.15) is 68.6 Å². The Morgan fingerprint density at radius 1 is 1.10 bits per heavy atom. The number of aryl methyl sites for hydroxylation is 1. The minimum atomic E-state index is -3.78. The first-order valence-corrected chi connectivity index (χ1v) is 16.2. The molecule has 0 radical (unpaired) electrons. The van der Waals surface area contributed by atoms with Crippen LogP contribution in [0.4, 0.5) is 5.69 Å². The fourth-order valence-electron chi connectivity index (χ4n) is 5.56. The van der Waals surface area contributed by atoms with E-state index in [9.17, 15) is 18.0 Å². The van der Waals surface area contributed by atoms with Crippen molar-refractivity contribution in [3.8, 4) is 11.8 Å². The van der Waals surface area contributed by atoms with Crippen LogP contribution in [0.3, 0.4) is 0 Å². The maximum atomic E-state index is 13.2. The Kier molecular flexibility index (Phi) is 11.0. The summed E-state index contributed by atoms with van der Waals surface area (Å²) in [5.41, 5.74) is 8.78. The van der Waals surface area contributed by atoms with Crippen LogP contribution in [0, 0.1) is 17.8 Å². The molecular weight excluding hydrogens is 554 g/mol. The molecule has 1 amide bonds. The Labute approximate surface area is 249 Å². The third-order valence-electron chi connectivity index (χ3n) is 8.00. The number of hydrogen-bond donors (Lipinski definition) is 2. The number of anilines is 1. The van der Waals surface area contributed by atoms with Crippen molar-refractivity contribution in [2.24, 2.45) is 5.92 Å². The van der Waals surface area contributed by atoms with E-state index in [1.807, 2.05) is 29.2 Å². The minimum Gasteiger partial charge on any atom is -0.469 e. The molecule has 9 nitrogen and oxygen atoms in total. The summed E-state index contributed by atoms with van der Waals surface area (Å²) in [4.78, 5) is 26.6. The molecular formula is C32H41N3O6S. The maximum absolute atomic E-state index is 13.2. The van der Waals surface area contributed by atoms with Crippen LogP contribution >= 0.6 is 0 Å². The molecule has 1 saturated carbocycles. The number of nitrogens with one attached hydrogen (secondary N) is 1. The summed E-state index contributed by atoms with van der Waals surface area (Å²) in [6, 6.07) is 12.0. The molecule has 0 aromatic heterocycles. The molecule has 2 fully saturated rings. The number of hydrogen-bond acceptors (Lipinski definition) is 7. The van der Waals surface area contributed by atoms with E-state index in [4.69, 9.17) is 10.5 Å². The Morgan fingerprint density at radius 3 is 2.50 bits per heavy atom. The number of nitrogens with two attached hydrogens (primary N) is 1. The summed E-state index contributed by atoms with van der Waals surface area (Å²) in [6.07, 6.45) is 5.37. The second-order valence-corrected chi connectivity index (χ2v) is 12.7. The van der Waals surface area contributed by atoms with Crippen molar-refractivity contribution >= 4 is 27.6 Å². The van der Waals surface area contributed by atoms with Crippen LogP contribution in [0.5, 0.6) is 0 Å². The summed E-state index contributed by atoms with van der Waals surface area (Å²) in [6.45, 7) is 3.90. The van der Waals surface area contributed by atoms with Gasteiger partial charge in [0, 0.05) is 41.7 Å². The van der Waals surface area contributed by atoms with Gasteiger partial charge in [0.1, 0.15) is 0 Å². The number of nitrogens with zero attached hydrogens (tertiary/aromatic N) is 1. The van der Waals surface area contributed by atoms with Crippen LogP contribution in [-0.4, -0.2) is 64.1 Å². The first kappa shape index (κ1) is 31.5. The fourth-order valence-corrected chi connectivity index (χ4v) is 6.90. The van der Waals surface area contributed by atoms with Gasteiger partial charge in [0.2, 0.25) is 15.9 Å². The van der Waals surface area contributed by atoms with Crippen LogP contribution in [-0.2, 0) is 35.5 Å². The number of rotatable bonds is 9. The molecule has 1 heterocycles. The van der Waals surface area contributed by atoms with Crippen LogP contribution in [0.15, 0.2) is 47.4 Å². The number of nitrogen functional groups attached to an aromatic ring is 1. The number of morpholine rings is 1. The molecule has 2 aromatic carbocycles. The number of carbonyl (C=O) groups is 2. The molecule has 3 N–H and O–H groups in total. The lowest BCUT2D eigenvalue weighted by molar-refractivity contribution is -0.145. The molecule has 1 atom stereocenters. The number of esters is 1. The Hall–Kier alpha value is -3.39. The van der Waals surface area contributed by atoms with E-state index in [0.29, 0.717) is 63.8 Å². The highest BCUT2D eigenvalue weighted by Crippen LogP contribution is 2.29. The Balaban J connectivity index is 1.32. The molecule has 0 bridgehead atoms. The molecule has 226 valence electrons. The highest BCUT2D eigenvalue weighted by Gasteiger charge is 2.35. The van der Waals surface area contributed by atoms with Gasteiger partial charge in [-0.2, -0.15) is 0 Å². The number of sulfonamides is 1. The maximum Gasteiger partial charge on any atom is 0.305 e. The van der Waals surface area contributed by atoms with E-state index in [0.717, 1.165) is 24.0 Å². The largest absolute Gasteiger partial charge is 0.469 e. The summed E-state index contributed by atoms with van der Waals surface area (Å²) in [5, 5.41) is 0. The summed E-state index contributed by atoms with van der Waals surface area (Å²) in [5.74, 6) is 5.91. The zero-order valence-corrected chi connectivity index (χ0v) is 25.3. The van der Waals surface area contributed by atoms with Crippen molar-refractivity contribution in [3.63, 3.8) is 0 Å². The van der Waals surface area contributed by atoms with Crippen LogP contribution in [0.2, 0.25) is 0 Å². The van der Waals surface area contributed by atoms with E-state index in [2.05, 4.69) is 28.2 Å². The zero-order valence-electron chi connectivity index (χ0n) is 24.4. The Morgan fingerprint density at radius 2 is 1.83 bits per heavy atom. The van der Waals surface area contributed by atoms with Crippen LogP contribution < -0.4 is 10.5 Å². The number of methoxy groups -OCH3 is 1. The quantitative estimate of drug-likeness (QED) is 0.257. The lowest BCUT2D eigenvalue weighted by Crippen LogP contribution is -2.51. The minimum absolute atomic E-state index is 0.0761. The highest BCUT2D eigenvalue weighted by molar-refractivity contribution is 7.89. The highest BCUT2D eigenvalue weighted by atomic mass is 32.2. The summed E-state index contributed by atoms with van der Waals surface area (Å²) >= 11 is 0. The van der Waals surface area contributed by atoms with Crippen molar-refractivity contribution in [1.29, 1.82) is 0 Å². The molecule has 1 aliphatic heterocycles. The molecule has 2 aromatic rings. The van der Waals surface area contributed by atoms with E-state index < -0.39 is 10.0 Å². The van der Waals surface area contributed by atoms with Gasteiger partial charge in [-0.1, -0.05) is 37.3 Å². The van der Waals surface area contributed by atoms with Gasteiger partial charge in [0.15, 0.2) is 0 Å². The van der Waals surface area contributed by atoms with E-state index in [-0.39, 0.29) is 40.5 Å². The predicted molar refractivity (Wildman–Crippen MR) is 161 cm³/mol. The van der Waals surface area contributed by atoms with Gasteiger partial charge in [-0.25, -0.2) is 13.1 Å². The molecule has 2 aliphatic rings. The van der Waals surface area contributed by atoms with Gasteiger partial charge in [-0.05, 0) is 74.4 Å². The van der Waals surface area contributed by atoms with Gasteiger partial charge in [-0.3, -0.25) is 9.59 Å². The number of carbonyl (C=O) groups excluding carboxylic acids is 2. The van der Waals surface area contributed by atoms with Crippen molar-refractivity contribution in [3.05, 3.63) is 59.2 Å². The second kappa shape index (κ2) is 14.7. The normalized spacial score (nSPS) is 20.8. The van der Waals surface area contributed by atoms with Gasteiger partial charge in [-0.15, -0.1) is 0 Å². The molecule has 0 spiro atoms. The van der Waals surface area contributed by atoms with E-state index in [1.165, 1.54) is 19.2 Å². The Bertz CT molecular complexity index is 1400. The second-order valence-electron chi connectivity index (χ2n) is 11.0. The number of amides is 1. The van der Waals surface area contributed by atoms with E-state index >= 15 is 0 Å². The average molecular weight is 596 g/mol. The van der Waals surface area contributed by atoms with Gasteiger partial charge in [0.05, 0.1) is 31.3 Å². The summed E-state index contributed by atoms with van der Waals surface area (Å²) < 4.78 is 39.4. The lowest BCUT2D eigenvalue weighted by Gasteiger charge is -2.39. The standard InChI is InChI=1S/C32H41N3O6S/c1-3-4-28-22-41-20-19-35(28)32(37)26-12-15-27(16-13-26)34-42(38,39)29-17-14-25(30(33)21-29)11-9-23-5-7-24(8-6-23)10-18-31(36)40-2/h5-8,14,17,21,26-28,34H,3-4,10,12-13,15-16,18-20,22,33H2,1-2H3/t26-,27-,28-/m0/s1. The lowest BCUT2D eigenvalue weighted by atomic mass is 9.85. The van der Waals surface area contributed by atoms with Gasteiger partial charge < -0.3 is 20.1 Å². The monoisotopic (exact) mass is 595 g/mol. The van der Waals surface area contributed by atoms with Gasteiger partial charge >= 0.3 is 5.97 Å². The average Bonchev–Trinajstić information content (AvgIpc) is 3.00. The number of ether oxygens (including phenoxy) is 2. The smallest absolute Gasteiger partial charge is 0.305 e. The zero-order chi connectivity index (χ0) is 30.1. The van der Waals surface area contributed by atoms with Crippen molar-refractivity contribution in [2.45, 2.75) is 75.3 Å². The number of benzene rings is 2. The van der Waals surface area contributed by atoms with Crippen molar-refractivity contribution in [1.82, 2.24) is 9.62 Å². The SMILES string of the molecule is CCC[C@H]1COCCN1C(=O)[C@H]1CC[C@H](NS(=O)(=O)c2ccc(C#Cc3ccc(CCC(=O)OC)cc3)c(N)c2)CC1. The first-order valence-electron chi connectivity index (χ1n) is 14.7. The van der Waals surface area contributed by atoms with Crippen LogP contribution in [0.25, 0.3) is 0 Å². The summed E-state index contributed by atoms with van der Waals surface area (Å²) in [7, 11) is -2.41. The third kappa shape index (κ3) is 8.34. The van der Waals surface area contributed by atoms with Crippen molar-refractivity contribution in [2.75, 3.05) is 32.6 Å². The fraction of sp³-hybridized carbons (Fsp3) is 0.500. The first-order chi connectivity index (χ1) is 20.2. The molecule has 42 heavy (non-hydrogen) atoms. The third-order valence-corrected chi connectivity index (χ3v) is 9.52. The van der Waals surface area contributed by atoms with E-state index in [1.54, 1.807) is 6.07 Å². The van der Waals surface area contributed by atoms with Gasteiger partial charge in [0.25, 0.3) is 0 Å². The van der Waals surface area contributed by atoms with Crippen molar-refractivity contribution < 1.29 is 27.5 Å². The molecule has 10 heteroatoms.